The van der Waals surface area contributed by atoms with Crippen LogP contribution in [0.1, 0.15) is 20.8 Å². The predicted octanol–water partition coefficient (Wildman–Crippen LogP) is -8.43. The van der Waals surface area contributed by atoms with Crippen LogP contribution < -0.4 is 10.6 Å². The average Bonchev–Trinajstić information content (AvgIpc) is 3.06. The number of nitrogens with one attached hydrogen (secondary N) is 2. The number of carbonyl (C=O) groups excluding carboxylic acids is 2. The second kappa shape index (κ2) is 17.4. The maximum absolute atomic E-state index is 12.2. The van der Waals surface area contributed by atoms with E-state index in [1.807, 2.05) is 0 Å². The van der Waals surface area contributed by atoms with Gasteiger partial charge in [0, 0.05) is 13.8 Å². The molecule has 0 spiro atoms. The SMILES string of the molecule is CC(=O)N[C@@H]1[C@@H](O)[C@@H](O)[C@@H](CO[C@@H]2O[C@H](CO)[C@@H](O[C@@H]3O[C@H](CO)[C@H](O)[C@H](O)[C@H]3O[C@@H]3O[C@@H](C)[C@@H](O)[C@@H](O)[C@@H]3O)[C@H](O)[C@H]2NC(C)=O)O[C@@H]1O. The molecule has 20 atom stereocenters. The van der Waals surface area contributed by atoms with Crippen LogP contribution in [0, 0.1) is 0 Å². The molecule has 0 radical (unpaired) electrons. The second-order valence-corrected chi connectivity index (χ2v) is 12.6. The van der Waals surface area contributed by atoms with Gasteiger partial charge in [-0.05, 0) is 6.92 Å². The van der Waals surface area contributed by atoms with Crippen LogP contribution >= 0.6 is 0 Å². The van der Waals surface area contributed by atoms with E-state index >= 15 is 0 Å². The lowest BCUT2D eigenvalue weighted by molar-refractivity contribution is -0.383. The number of amides is 2. The van der Waals surface area contributed by atoms with E-state index in [-0.39, 0.29) is 0 Å². The number of ether oxygens (including phenoxy) is 7. The van der Waals surface area contributed by atoms with Crippen LogP contribution in [0.15, 0.2) is 0 Å². The van der Waals surface area contributed by atoms with Gasteiger partial charge in [-0.3, -0.25) is 9.59 Å². The Bertz CT molecular complexity index is 1130. The highest BCUT2D eigenvalue weighted by molar-refractivity contribution is 5.73. The van der Waals surface area contributed by atoms with Gasteiger partial charge in [-0.15, -0.1) is 0 Å². The monoisotopic (exact) mass is 732 g/mol. The summed E-state index contributed by atoms with van der Waals surface area (Å²) in [6, 6.07) is -2.86. The summed E-state index contributed by atoms with van der Waals surface area (Å²) >= 11 is 0. The van der Waals surface area contributed by atoms with Crippen molar-refractivity contribution in [2.24, 2.45) is 0 Å². The zero-order valence-corrected chi connectivity index (χ0v) is 27.3. The Labute approximate surface area is 285 Å². The Balaban J connectivity index is 1.52. The van der Waals surface area contributed by atoms with Crippen molar-refractivity contribution in [2.45, 2.75) is 143 Å². The molecule has 290 valence electrons. The normalized spacial score (nSPS) is 48.5. The third-order valence-electron chi connectivity index (χ3n) is 8.95. The molecule has 0 aromatic heterocycles. The summed E-state index contributed by atoms with van der Waals surface area (Å²) in [5.74, 6) is -1.31. The zero-order valence-electron chi connectivity index (χ0n) is 27.3. The lowest BCUT2D eigenvalue weighted by Gasteiger charge is -2.49. The summed E-state index contributed by atoms with van der Waals surface area (Å²) in [4.78, 5) is 23.6. The summed E-state index contributed by atoms with van der Waals surface area (Å²) in [6.45, 7) is 1.26. The first-order valence-electron chi connectivity index (χ1n) is 15.9. The molecule has 0 aromatic rings. The third kappa shape index (κ3) is 8.87. The highest BCUT2D eigenvalue weighted by Crippen LogP contribution is 2.33. The highest BCUT2D eigenvalue weighted by atomic mass is 16.8. The average molecular weight is 733 g/mol. The Morgan fingerprint density at radius 2 is 1.12 bits per heavy atom. The van der Waals surface area contributed by atoms with Crippen LogP contribution in [-0.2, 0) is 42.7 Å². The molecule has 4 fully saturated rings. The molecule has 0 unspecified atom stereocenters. The zero-order chi connectivity index (χ0) is 37.2. The van der Waals surface area contributed by atoms with Gasteiger partial charge in [-0.2, -0.15) is 0 Å². The third-order valence-corrected chi connectivity index (χ3v) is 8.95. The standard InChI is InChI=1S/C28H48N2O20/c1-7-15(35)20(40)22(42)27(45-7)50-24-21(41)16(36)10(4-31)47-28(24)49-23-11(5-32)48-26(14(19(23)39)30-9(3)34)44-6-12-17(37)18(38)13(25(43)46-12)29-8(2)33/h7,10-28,31-32,35-43H,4-6H2,1-3H3,(H,29,33)(H,30,34)/t7-,10+,11+,12+,13+,14+,15+,16-,17-,18+,19+,20+,21-,22-,23+,24+,25-,26+,27-,28-/m0/s1. The van der Waals surface area contributed by atoms with Crippen LogP contribution in [-0.4, -0.2) is 211 Å². The lowest BCUT2D eigenvalue weighted by atomic mass is 9.95. The predicted molar refractivity (Wildman–Crippen MR) is 156 cm³/mol. The molecule has 0 bridgehead atoms. The summed E-state index contributed by atoms with van der Waals surface area (Å²) in [7, 11) is 0. The number of rotatable bonds is 11. The molecule has 22 nitrogen and oxygen atoms in total. The van der Waals surface area contributed by atoms with E-state index in [1.165, 1.54) is 6.92 Å². The summed E-state index contributed by atoms with van der Waals surface area (Å²) in [5.41, 5.74) is 0. The van der Waals surface area contributed by atoms with E-state index in [4.69, 9.17) is 33.2 Å². The molecule has 4 heterocycles. The van der Waals surface area contributed by atoms with Crippen LogP contribution in [0.5, 0.6) is 0 Å². The van der Waals surface area contributed by atoms with Gasteiger partial charge < -0.3 is 100.0 Å². The molecule has 0 aromatic carbocycles. The van der Waals surface area contributed by atoms with Crippen molar-refractivity contribution in [1.82, 2.24) is 10.6 Å². The molecule has 50 heavy (non-hydrogen) atoms. The number of hydrogen-bond donors (Lipinski definition) is 13. The fraction of sp³-hybridized carbons (Fsp3) is 0.929. The van der Waals surface area contributed by atoms with Crippen molar-refractivity contribution >= 4 is 11.8 Å². The van der Waals surface area contributed by atoms with E-state index in [0.29, 0.717) is 0 Å². The molecule has 2 amide bonds. The molecule has 13 N–H and O–H groups in total. The Hall–Kier alpha value is -1.78. The Kier molecular flexibility index (Phi) is 14.2. The van der Waals surface area contributed by atoms with Gasteiger partial charge in [0.25, 0.3) is 0 Å². The van der Waals surface area contributed by atoms with E-state index < -0.39 is 154 Å². The molecular weight excluding hydrogens is 684 g/mol. The van der Waals surface area contributed by atoms with Crippen LogP contribution in [0.25, 0.3) is 0 Å². The first-order valence-corrected chi connectivity index (χ1v) is 15.9. The fourth-order valence-electron chi connectivity index (χ4n) is 6.18. The van der Waals surface area contributed by atoms with Gasteiger partial charge in [0.05, 0.1) is 25.9 Å². The maximum atomic E-state index is 12.2. The van der Waals surface area contributed by atoms with E-state index in [1.54, 1.807) is 0 Å². The number of aliphatic hydroxyl groups is 11. The molecular formula is C28H48N2O20. The van der Waals surface area contributed by atoms with Gasteiger partial charge in [-0.1, -0.05) is 0 Å². The fourth-order valence-corrected chi connectivity index (χ4v) is 6.18. The first-order chi connectivity index (χ1) is 23.5. The van der Waals surface area contributed by atoms with Gasteiger partial charge in [-0.25, -0.2) is 0 Å². The van der Waals surface area contributed by atoms with E-state index in [9.17, 15) is 65.8 Å². The molecule has 4 aliphatic rings. The minimum absolute atomic E-state index is 0.615. The van der Waals surface area contributed by atoms with Crippen molar-refractivity contribution in [2.75, 3.05) is 19.8 Å². The summed E-state index contributed by atoms with van der Waals surface area (Å²) in [6.07, 6.45) is -29.8. The van der Waals surface area contributed by atoms with Crippen molar-refractivity contribution in [1.29, 1.82) is 0 Å². The summed E-state index contributed by atoms with van der Waals surface area (Å²) in [5, 5.41) is 120. The van der Waals surface area contributed by atoms with Gasteiger partial charge >= 0.3 is 0 Å². The van der Waals surface area contributed by atoms with Crippen molar-refractivity contribution < 1.29 is 98.9 Å². The largest absolute Gasteiger partial charge is 0.394 e. The van der Waals surface area contributed by atoms with Crippen molar-refractivity contribution in [3.63, 3.8) is 0 Å². The molecule has 4 rings (SSSR count). The van der Waals surface area contributed by atoms with E-state index in [0.717, 1.165) is 13.8 Å². The van der Waals surface area contributed by atoms with Crippen LogP contribution in [0.4, 0.5) is 0 Å². The quantitative estimate of drug-likeness (QED) is 0.0938. The molecule has 0 aliphatic carbocycles. The minimum Gasteiger partial charge on any atom is -0.394 e. The van der Waals surface area contributed by atoms with Crippen molar-refractivity contribution in [3.05, 3.63) is 0 Å². The van der Waals surface area contributed by atoms with Crippen molar-refractivity contribution in [3.8, 4) is 0 Å². The van der Waals surface area contributed by atoms with Crippen LogP contribution in [0.3, 0.4) is 0 Å². The minimum atomic E-state index is -1.91. The van der Waals surface area contributed by atoms with Crippen LogP contribution in [0.2, 0.25) is 0 Å². The molecule has 4 saturated heterocycles. The smallest absolute Gasteiger partial charge is 0.217 e. The highest BCUT2D eigenvalue weighted by Gasteiger charge is 2.54. The molecule has 0 saturated carbocycles. The van der Waals surface area contributed by atoms with Gasteiger partial charge in [0.2, 0.25) is 11.8 Å². The lowest BCUT2D eigenvalue weighted by Crippen LogP contribution is -2.69. The Morgan fingerprint density at radius 1 is 0.560 bits per heavy atom. The van der Waals surface area contributed by atoms with Gasteiger partial charge in [0.1, 0.15) is 91.4 Å². The maximum Gasteiger partial charge on any atom is 0.217 e. The Morgan fingerprint density at radius 3 is 1.72 bits per heavy atom. The van der Waals surface area contributed by atoms with Gasteiger partial charge in [0.15, 0.2) is 25.2 Å². The molecule has 22 heteroatoms. The topological polar surface area (TPSA) is 345 Å². The number of aliphatic hydroxyl groups excluding tert-OH is 11. The first kappa shape index (κ1) is 41.0. The summed E-state index contributed by atoms with van der Waals surface area (Å²) < 4.78 is 39.4. The number of hydrogen-bond acceptors (Lipinski definition) is 20. The second-order valence-electron chi connectivity index (χ2n) is 12.6. The molecule has 4 aliphatic heterocycles. The number of carbonyl (C=O) groups is 2. The van der Waals surface area contributed by atoms with E-state index in [2.05, 4.69) is 10.6 Å².